The van der Waals surface area contributed by atoms with Gasteiger partial charge in [0.05, 0.1) is 59.8 Å². The Morgan fingerprint density at radius 3 is 2.46 bits per heavy atom. The quantitative estimate of drug-likeness (QED) is 0.135. The normalized spacial score (nSPS) is 13.8. The molecule has 13 heteroatoms. The van der Waals surface area contributed by atoms with Crippen molar-refractivity contribution in [3.63, 3.8) is 0 Å². The fourth-order valence-electron chi connectivity index (χ4n) is 5.09. The molecule has 0 spiro atoms. The van der Waals surface area contributed by atoms with E-state index in [0.29, 0.717) is 34.2 Å². The van der Waals surface area contributed by atoms with Crippen LogP contribution < -0.4 is 31.4 Å². The van der Waals surface area contributed by atoms with Crippen molar-refractivity contribution in [1.82, 2.24) is 14.8 Å². The smallest absolute Gasteiger partial charge is 0.255 e. The molecule has 5 rings (SSSR count). The molecule has 0 unspecified atom stereocenters. The van der Waals surface area contributed by atoms with Crippen LogP contribution in [-0.4, -0.2) is 42.5 Å². The van der Waals surface area contributed by atoms with Crippen LogP contribution >= 0.6 is 0 Å². The number of nitrogens with zero attached hydrogens (tertiary/aromatic N) is 4. The maximum absolute atomic E-state index is 13.6. The zero-order valence-corrected chi connectivity index (χ0v) is 27.6. The van der Waals surface area contributed by atoms with Gasteiger partial charge in [0.2, 0.25) is 10.0 Å². The first-order valence-corrected chi connectivity index (χ1v) is 16.7. The molecule has 12 nitrogen and oxygen atoms in total. The highest BCUT2D eigenvalue weighted by Crippen LogP contribution is 2.41. The van der Waals surface area contributed by atoms with Gasteiger partial charge in [-0.3, -0.25) is 24.2 Å². The van der Waals surface area contributed by atoms with Crippen molar-refractivity contribution in [3.05, 3.63) is 89.4 Å². The minimum Gasteiger partial charge on any atom is -0.492 e. The fourth-order valence-corrected chi connectivity index (χ4v) is 5.64. The predicted molar refractivity (Wildman–Crippen MR) is 182 cm³/mol. The van der Waals surface area contributed by atoms with E-state index in [-0.39, 0.29) is 16.9 Å². The average Bonchev–Trinajstić information content (AvgIpc) is 3.73. The Morgan fingerprint density at radius 1 is 1.13 bits per heavy atom. The molecule has 0 radical (unpaired) electrons. The Bertz CT molecular complexity index is 1910. The van der Waals surface area contributed by atoms with Crippen molar-refractivity contribution < 1.29 is 17.9 Å². The summed E-state index contributed by atoms with van der Waals surface area (Å²) in [6.07, 6.45) is 8.21. The topological polar surface area (TPSA) is 170 Å². The maximum Gasteiger partial charge on any atom is 0.255 e. The highest BCUT2D eigenvalue weighted by Gasteiger charge is 2.29. The van der Waals surface area contributed by atoms with E-state index in [1.807, 2.05) is 50.6 Å². The average molecular weight is 645 g/mol. The molecule has 2 heterocycles. The summed E-state index contributed by atoms with van der Waals surface area (Å²) < 4.78 is 34.3. The number of anilines is 3. The second kappa shape index (κ2) is 12.5. The van der Waals surface area contributed by atoms with Crippen molar-refractivity contribution in [2.45, 2.75) is 52.0 Å². The molecule has 1 aliphatic carbocycles. The molecule has 1 amide bonds. The Kier molecular flexibility index (Phi) is 8.83. The van der Waals surface area contributed by atoms with Crippen molar-refractivity contribution in [1.29, 1.82) is 0 Å². The monoisotopic (exact) mass is 644 g/mol. The first kappa shape index (κ1) is 32.5. The van der Waals surface area contributed by atoms with Gasteiger partial charge in [0.1, 0.15) is 0 Å². The lowest BCUT2D eigenvalue weighted by Crippen LogP contribution is -2.27. The third kappa shape index (κ3) is 7.16. The van der Waals surface area contributed by atoms with Gasteiger partial charge < -0.3 is 15.8 Å². The standard InChI is InChI=1S/C33H40N8O4S/c1-20-10-11-21(32(42)38-27-16-22(33(2,3)4)17-28(31(27)45-5)39-46(6,43)44)15-29(20)40(35)19-25(34)24-18-37-41(23-12-13-23)30(24)26-9-7-8-14-36-26/h7-11,14-19,23,39H,12-13,34-35H2,1-6H3,(H,38,42)/b25-19-. The molecule has 2 aromatic heterocycles. The van der Waals surface area contributed by atoms with Crippen LogP contribution in [0.15, 0.2) is 67.1 Å². The second-order valence-corrected chi connectivity index (χ2v) is 14.2. The number of sulfonamides is 1. The highest BCUT2D eigenvalue weighted by molar-refractivity contribution is 7.92. The van der Waals surface area contributed by atoms with Gasteiger partial charge in [-0.05, 0) is 72.7 Å². The first-order valence-electron chi connectivity index (χ1n) is 14.8. The molecular weight excluding hydrogens is 604 g/mol. The van der Waals surface area contributed by atoms with Crippen LogP contribution in [0.5, 0.6) is 5.75 Å². The number of benzene rings is 2. The Balaban J connectivity index is 1.46. The number of aryl methyl sites for hydroxylation is 1. The van der Waals surface area contributed by atoms with Gasteiger partial charge in [-0.15, -0.1) is 0 Å². The van der Waals surface area contributed by atoms with E-state index in [4.69, 9.17) is 16.3 Å². The van der Waals surface area contributed by atoms with Gasteiger partial charge in [-0.1, -0.05) is 32.9 Å². The summed E-state index contributed by atoms with van der Waals surface area (Å²) in [6.45, 7) is 7.84. The molecule has 46 heavy (non-hydrogen) atoms. The van der Waals surface area contributed by atoms with Crippen LogP contribution in [0.2, 0.25) is 0 Å². The van der Waals surface area contributed by atoms with E-state index in [2.05, 4.69) is 20.1 Å². The Hall–Kier alpha value is -4.88. The van der Waals surface area contributed by atoms with E-state index >= 15 is 0 Å². The van der Waals surface area contributed by atoms with Crippen LogP contribution in [0.3, 0.4) is 0 Å². The zero-order valence-electron chi connectivity index (χ0n) is 26.8. The van der Waals surface area contributed by atoms with Gasteiger partial charge in [0, 0.05) is 23.5 Å². The third-order valence-electron chi connectivity index (χ3n) is 7.64. The Morgan fingerprint density at radius 2 is 1.85 bits per heavy atom. The summed E-state index contributed by atoms with van der Waals surface area (Å²) in [5, 5.41) is 8.89. The number of pyridine rings is 1. The van der Waals surface area contributed by atoms with Crippen molar-refractivity contribution in [2.24, 2.45) is 11.6 Å². The molecule has 1 aliphatic rings. The summed E-state index contributed by atoms with van der Waals surface area (Å²) in [6, 6.07) is 14.6. The number of nitrogens with one attached hydrogen (secondary N) is 2. The number of amides is 1. The van der Waals surface area contributed by atoms with Crippen LogP contribution in [0.25, 0.3) is 17.1 Å². The molecule has 6 N–H and O–H groups in total. The first-order chi connectivity index (χ1) is 21.7. The lowest BCUT2D eigenvalue weighted by atomic mass is 9.86. The lowest BCUT2D eigenvalue weighted by Gasteiger charge is -2.24. The molecule has 0 saturated heterocycles. The minimum atomic E-state index is -3.62. The van der Waals surface area contributed by atoms with Crippen molar-refractivity contribution >= 4 is 38.7 Å². The van der Waals surface area contributed by atoms with Gasteiger partial charge in [0.25, 0.3) is 5.91 Å². The summed E-state index contributed by atoms with van der Waals surface area (Å²) in [4.78, 5) is 18.2. The molecule has 0 bridgehead atoms. The predicted octanol–water partition coefficient (Wildman–Crippen LogP) is 5.16. The summed E-state index contributed by atoms with van der Waals surface area (Å²) in [5.74, 6) is 6.28. The summed E-state index contributed by atoms with van der Waals surface area (Å²) in [5.41, 5.74) is 12.0. The molecule has 1 fully saturated rings. The molecule has 1 saturated carbocycles. The number of hydrogen-bond acceptors (Lipinski definition) is 9. The number of nitrogens with two attached hydrogens (primary N) is 2. The number of rotatable bonds is 10. The lowest BCUT2D eigenvalue weighted by molar-refractivity contribution is 0.102. The van der Waals surface area contributed by atoms with Gasteiger partial charge in [-0.25, -0.2) is 14.3 Å². The number of ether oxygens (including phenoxy) is 1. The number of carbonyl (C=O) groups is 1. The third-order valence-corrected chi connectivity index (χ3v) is 8.23. The van der Waals surface area contributed by atoms with Crippen LogP contribution in [0.1, 0.15) is 66.7 Å². The fraction of sp³-hybridized carbons (Fsp3) is 0.303. The highest BCUT2D eigenvalue weighted by atomic mass is 32.2. The van der Waals surface area contributed by atoms with E-state index in [1.165, 1.54) is 12.1 Å². The number of carbonyl (C=O) groups excluding carboxylic acids is 1. The molecule has 0 aliphatic heterocycles. The number of hydrazine groups is 1. The maximum atomic E-state index is 13.6. The van der Waals surface area contributed by atoms with Crippen molar-refractivity contribution in [3.8, 4) is 17.1 Å². The summed E-state index contributed by atoms with van der Waals surface area (Å²) in [7, 11) is -2.21. The van der Waals surface area contributed by atoms with E-state index in [1.54, 1.807) is 48.9 Å². The minimum absolute atomic E-state index is 0.186. The number of methoxy groups -OCH3 is 1. The van der Waals surface area contributed by atoms with Crippen LogP contribution in [0.4, 0.5) is 17.1 Å². The van der Waals surface area contributed by atoms with E-state index in [0.717, 1.165) is 41.6 Å². The Labute approximate surface area is 269 Å². The number of aromatic nitrogens is 3. The SMILES string of the molecule is COc1c(NC(=O)c2ccc(C)c(N(N)/C=C(\N)c3cnn(C4CC4)c3-c3ccccn3)c2)cc(C(C)(C)C)cc1NS(C)(=O)=O. The van der Waals surface area contributed by atoms with E-state index in [9.17, 15) is 13.2 Å². The molecular formula is C33H40N8O4S. The van der Waals surface area contributed by atoms with Gasteiger partial charge >= 0.3 is 0 Å². The van der Waals surface area contributed by atoms with Crippen molar-refractivity contribution in [2.75, 3.05) is 28.4 Å². The van der Waals surface area contributed by atoms with Gasteiger partial charge in [0.15, 0.2) is 5.75 Å². The molecule has 2 aromatic carbocycles. The molecule has 242 valence electrons. The molecule has 0 atom stereocenters. The zero-order chi connectivity index (χ0) is 33.4. The second-order valence-electron chi connectivity index (χ2n) is 12.5. The molecule has 4 aromatic rings. The van der Waals surface area contributed by atoms with Crippen LogP contribution in [0, 0.1) is 6.92 Å². The number of hydrogen-bond donors (Lipinski definition) is 4. The largest absolute Gasteiger partial charge is 0.492 e. The summed E-state index contributed by atoms with van der Waals surface area (Å²) >= 11 is 0. The van der Waals surface area contributed by atoms with Gasteiger partial charge in [-0.2, -0.15) is 5.10 Å². The van der Waals surface area contributed by atoms with E-state index < -0.39 is 15.9 Å². The van der Waals surface area contributed by atoms with Crippen LogP contribution in [-0.2, 0) is 15.4 Å².